The number of fused-ring (bicyclic) bond motifs is 4. The van der Waals surface area contributed by atoms with Gasteiger partial charge in [0, 0.05) is 62.5 Å². The molecule has 0 bridgehead atoms. The van der Waals surface area contributed by atoms with E-state index in [2.05, 4.69) is 30.6 Å². The van der Waals surface area contributed by atoms with E-state index in [1.807, 2.05) is 40.3 Å². The van der Waals surface area contributed by atoms with E-state index in [9.17, 15) is 13.2 Å². The predicted octanol–water partition coefficient (Wildman–Crippen LogP) is 2.93. The largest absolute Gasteiger partial charge is 0.476 e. The van der Waals surface area contributed by atoms with Crippen LogP contribution in [0.5, 0.6) is 5.88 Å². The van der Waals surface area contributed by atoms with Crippen LogP contribution in [-0.4, -0.2) is 106 Å². The number of carbonyl (C=O) groups is 1. The number of hydrogen-bond donors (Lipinski definition) is 1. The summed E-state index contributed by atoms with van der Waals surface area (Å²) >= 11 is 0. The van der Waals surface area contributed by atoms with Gasteiger partial charge in [0.1, 0.15) is 5.69 Å². The molecular formula is C30H39N7O4S. The Morgan fingerprint density at radius 1 is 1.02 bits per heavy atom. The monoisotopic (exact) mass is 593 g/mol. The van der Waals surface area contributed by atoms with Crippen molar-refractivity contribution in [2.45, 2.75) is 31.1 Å². The van der Waals surface area contributed by atoms with E-state index in [1.165, 1.54) is 4.31 Å². The summed E-state index contributed by atoms with van der Waals surface area (Å²) in [5, 5.41) is 0.950. The van der Waals surface area contributed by atoms with Crippen LogP contribution in [0.4, 0.5) is 11.4 Å². The van der Waals surface area contributed by atoms with Gasteiger partial charge >= 0.3 is 10.2 Å². The molecule has 2 aromatic heterocycles. The Balaban J connectivity index is 1.37. The summed E-state index contributed by atoms with van der Waals surface area (Å²) in [6, 6.07) is 7.76. The Bertz CT molecular complexity index is 1620. The number of amides is 1. The fourth-order valence-corrected chi connectivity index (χ4v) is 7.43. The van der Waals surface area contributed by atoms with Crippen molar-refractivity contribution >= 4 is 38.4 Å². The van der Waals surface area contributed by atoms with Crippen molar-refractivity contribution in [1.29, 1.82) is 0 Å². The first-order chi connectivity index (χ1) is 20.1. The van der Waals surface area contributed by atoms with Gasteiger partial charge in [0.15, 0.2) is 0 Å². The summed E-state index contributed by atoms with van der Waals surface area (Å²) in [4.78, 5) is 28.4. The Morgan fingerprint density at radius 2 is 1.79 bits per heavy atom. The lowest BCUT2D eigenvalue weighted by Gasteiger charge is -2.37. The molecule has 1 aromatic carbocycles. The van der Waals surface area contributed by atoms with Gasteiger partial charge in [0.25, 0.3) is 0 Å². The number of benzene rings is 1. The number of carbonyl (C=O) groups excluding carboxylic acids is 1. The summed E-state index contributed by atoms with van der Waals surface area (Å²) in [7, 11) is 3.99. The number of rotatable bonds is 9. The molecule has 0 unspecified atom stereocenters. The molecule has 12 heteroatoms. The third-order valence-corrected chi connectivity index (χ3v) is 10.3. The lowest BCUT2D eigenvalue weighted by molar-refractivity contribution is -0.125. The minimum absolute atomic E-state index is 0.140. The van der Waals surface area contributed by atoms with Crippen LogP contribution < -0.4 is 14.4 Å². The molecule has 1 N–H and O–H groups in total. The number of anilines is 2. The molecular weight excluding hydrogens is 554 g/mol. The first-order valence-electron chi connectivity index (χ1n) is 14.5. The minimum Gasteiger partial charge on any atom is -0.476 e. The number of piperazine rings is 1. The number of pyridine rings is 2. The summed E-state index contributed by atoms with van der Waals surface area (Å²) in [6.07, 6.45) is 7.00. The van der Waals surface area contributed by atoms with Crippen LogP contribution in [0.3, 0.4) is 0 Å². The first kappa shape index (κ1) is 28.8. The average Bonchev–Trinajstić information content (AvgIpc) is 3.18. The van der Waals surface area contributed by atoms with Crippen LogP contribution >= 0.6 is 0 Å². The highest BCUT2D eigenvalue weighted by molar-refractivity contribution is 7.90. The number of nitrogens with zero attached hydrogens (tertiary/aromatic N) is 6. The number of nitrogens with one attached hydrogen (secondary N) is 1. The molecule has 1 saturated heterocycles. The minimum atomic E-state index is -3.82. The van der Waals surface area contributed by atoms with E-state index in [1.54, 1.807) is 23.4 Å². The van der Waals surface area contributed by atoms with E-state index in [0.29, 0.717) is 38.5 Å². The molecule has 1 amide bonds. The maximum absolute atomic E-state index is 13.4. The van der Waals surface area contributed by atoms with Gasteiger partial charge in [0.05, 0.1) is 29.4 Å². The SMILES string of the molecule is CN(C)CCCOc1ncc(-c2ccc3ncc4c(c3c2)C2(CCC2)C(=O)N4C)cc1NS(=O)(=O)N1CCN(C)CC1. The van der Waals surface area contributed by atoms with E-state index >= 15 is 0 Å². The van der Waals surface area contributed by atoms with Crippen molar-refractivity contribution in [2.24, 2.45) is 0 Å². The molecule has 42 heavy (non-hydrogen) atoms. The van der Waals surface area contributed by atoms with Crippen molar-refractivity contribution in [3.8, 4) is 17.0 Å². The normalized spacial score (nSPS) is 19.0. The summed E-state index contributed by atoms with van der Waals surface area (Å²) in [5.74, 6) is 0.390. The van der Waals surface area contributed by atoms with Gasteiger partial charge in [0.2, 0.25) is 11.8 Å². The molecule has 11 nitrogen and oxygen atoms in total. The van der Waals surface area contributed by atoms with E-state index in [-0.39, 0.29) is 11.8 Å². The van der Waals surface area contributed by atoms with Crippen molar-refractivity contribution in [2.75, 3.05) is 77.1 Å². The van der Waals surface area contributed by atoms with Gasteiger partial charge in [-0.1, -0.05) is 12.5 Å². The predicted molar refractivity (Wildman–Crippen MR) is 164 cm³/mol. The molecule has 1 saturated carbocycles. The fourth-order valence-electron chi connectivity index (χ4n) is 6.23. The van der Waals surface area contributed by atoms with E-state index in [0.717, 1.165) is 65.5 Å². The zero-order valence-electron chi connectivity index (χ0n) is 24.8. The Hall–Kier alpha value is -3.32. The summed E-state index contributed by atoms with van der Waals surface area (Å²) in [5.41, 5.74) is 4.18. The maximum atomic E-state index is 13.4. The highest BCUT2D eigenvalue weighted by Gasteiger charge is 2.54. The van der Waals surface area contributed by atoms with Crippen LogP contribution in [0.25, 0.3) is 22.0 Å². The van der Waals surface area contributed by atoms with Crippen LogP contribution in [0.1, 0.15) is 31.2 Å². The Kier molecular flexibility index (Phi) is 7.58. The second kappa shape index (κ2) is 11.1. The molecule has 2 fully saturated rings. The van der Waals surface area contributed by atoms with Crippen molar-refractivity contribution < 1.29 is 17.9 Å². The zero-order chi connectivity index (χ0) is 29.6. The smallest absolute Gasteiger partial charge is 0.301 e. The Labute approximate surface area is 247 Å². The van der Waals surface area contributed by atoms with Gasteiger partial charge in [-0.05, 0) is 64.2 Å². The third kappa shape index (κ3) is 5.10. The molecule has 1 aliphatic carbocycles. The second-order valence-electron chi connectivity index (χ2n) is 11.9. The van der Waals surface area contributed by atoms with Crippen LogP contribution in [0.2, 0.25) is 0 Å². The number of ether oxygens (including phenoxy) is 1. The quantitative estimate of drug-likeness (QED) is 0.377. The maximum Gasteiger partial charge on any atom is 0.301 e. The van der Waals surface area contributed by atoms with Crippen molar-refractivity contribution in [3.63, 3.8) is 0 Å². The third-order valence-electron chi connectivity index (χ3n) is 8.82. The highest BCUT2D eigenvalue weighted by Crippen LogP contribution is 2.55. The van der Waals surface area contributed by atoms with Gasteiger partial charge in [-0.15, -0.1) is 0 Å². The van der Waals surface area contributed by atoms with Crippen LogP contribution in [0.15, 0.2) is 36.7 Å². The van der Waals surface area contributed by atoms with Gasteiger partial charge in [-0.2, -0.15) is 12.7 Å². The second-order valence-corrected chi connectivity index (χ2v) is 13.6. The number of likely N-dealkylation sites (N-methyl/N-ethyl adjacent to an activating group) is 2. The van der Waals surface area contributed by atoms with Gasteiger partial charge < -0.3 is 19.4 Å². The molecule has 224 valence electrons. The molecule has 1 spiro atoms. The van der Waals surface area contributed by atoms with Crippen LogP contribution in [0, 0.1) is 0 Å². The number of aromatic nitrogens is 2. The van der Waals surface area contributed by atoms with Crippen molar-refractivity contribution in [1.82, 2.24) is 24.1 Å². The van der Waals surface area contributed by atoms with Gasteiger partial charge in [-0.3, -0.25) is 14.5 Å². The fraction of sp³-hybridized carbons (Fsp3) is 0.500. The average molecular weight is 594 g/mol. The topological polar surface area (TPSA) is 111 Å². The molecule has 0 radical (unpaired) electrons. The Morgan fingerprint density at radius 3 is 2.48 bits per heavy atom. The first-order valence-corrected chi connectivity index (χ1v) is 16.0. The molecule has 4 heterocycles. The molecule has 0 atom stereocenters. The molecule has 2 aliphatic heterocycles. The zero-order valence-corrected chi connectivity index (χ0v) is 25.6. The summed E-state index contributed by atoms with van der Waals surface area (Å²) in [6.45, 7) is 3.41. The van der Waals surface area contributed by atoms with Gasteiger partial charge in [-0.25, -0.2) is 4.98 Å². The standard InChI is InChI=1S/C30H39N7O4S/c1-34(2)11-6-16-41-28-25(33-42(39,40)37-14-12-35(3)13-15-37)18-22(19-32-28)21-7-8-24-23(17-21)27-26(20-31-24)36(4)29(38)30(27)9-5-10-30/h7-8,17-20,33H,5-6,9-16H2,1-4H3. The molecule has 3 aliphatic rings. The molecule has 3 aromatic rings. The lowest BCUT2D eigenvalue weighted by Crippen LogP contribution is -2.48. The van der Waals surface area contributed by atoms with Crippen molar-refractivity contribution in [3.05, 3.63) is 42.2 Å². The summed E-state index contributed by atoms with van der Waals surface area (Å²) < 4.78 is 37.1. The van der Waals surface area contributed by atoms with E-state index < -0.39 is 15.6 Å². The number of hydrogen-bond acceptors (Lipinski definition) is 8. The van der Waals surface area contributed by atoms with Crippen LogP contribution in [-0.2, 0) is 20.4 Å². The van der Waals surface area contributed by atoms with E-state index in [4.69, 9.17) is 4.74 Å². The molecule has 6 rings (SSSR count). The highest BCUT2D eigenvalue weighted by atomic mass is 32.2. The lowest BCUT2D eigenvalue weighted by atomic mass is 9.64.